The van der Waals surface area contributed by atoms with Crippen molar-refractivity contribution in [3.05, 3.63) is 29.3 Å². The summed E-state index contributed by atoms with van der Waals surface area (Å²) in [5.74, 6) is 0.976. The van der Waals surface area contributed by atoms with Crippen LogP contribution in [0.5, 0.6) is 5.75 Å². The van der Waals surface area contributed by atoms with E-state index in [0.29, 0.717) is 0 Å². The molecule has 2 heteroatoms. The molecule has 1 aromatic rings. The smallest absolute Gasteiger partial charge is 0.126 e. The Morgan fingerprint density at radius 1 is 1.31 bits per heavy atom. The molecule has 0 saturated heterocycles. The molecule has 0 fully saturated rings. The minimum atomic E-state index is -0.0373. The normalized spacial score (nSPS) is 11.5. The summed E-state index contributed by atoms with van der Waals surface area (Å²) >= 11 is 3.63. The van der Waals surface area contributed by atoms with Crippen LogP contribution in [0.1, 0.15) is 25.0 Å². The molecule has 0 aliphatic rings. The second-order valence-corrected chi connectivity index (χ2v) is 5.61. The Kier molecular flexibility index (Phi) is 3.01. The van der Waals surface area contributed by atoms with E-state index in [-0.39, 0.29) is 4.32 Å². The summed E-state index contributed by atoms with van der Waals surface area (Å²) in [6, 6.07) is 6.19. The maximum atomic E-state index is 5.37. The molecule has 1 nitrogen and oxygen atoms in total. The van der Waals surface area contributed by atoms with E-state index in [2.05, 4.69) is 54.9 Å². The minimum Gasteiger partial charge on any atom is -0.496 e. The molecule has 0 atom stereocenters. The van der Waals surface area contributed by atoms with Crippen LogP contribution in [0.2, 0.25) is 0 Å². The Hall–Kier alpha value is -0.500. The first-order chi connectivity index (χ1) is 5.96. The Morgan fingerprint density at radius 2 is 1.92 bits per heavy atom. The Bertz CT molecular complexity index is 299. The summed E-state index contributed by atoms with van der Waals surface area (Å²) < 4.78 is 5.34. The third kappa shape index (κ3) is 2.25. The van der Waals surface area contributed by atoms with Crippen LogP contribution in [-0.2, 0) is 4.32 Å². The van der Waals surface area contributed by atoms with Crippen LogP contribution < -0.4 is 4.74 Å². The van der Waals surface area contributed by atoms with Crippen molar-refractivity contribution >= 4 is 15.9 Å². The Labute approximate surface area is 88.2 Å². The summed E-state index contributed by atoms with van der Waals surface area (Å²) in [6.07, 6.45) is 0. The van der Waals surface area contributed by atoms with Crippen LogP contribution >= 0.6 is 15.9 Å². The van der Waals surface area contributed by atoms with Gasteiger partial charge in [-0.15, -0.1) is 0 Å². The molecule has 1 rings (SSSR count). The molecule has 0 radical (unpaired) electrons. The van der Waals surface area contributed by atoms with E-state index >= 15 is 0 Å². The zero-order valence-electron chi connectivity index (χ0n) is 8.52. The van der Waals surface area contributed by atoms with Gasteiger partial charge in [-0.2, -0.15) is 0 Å². The van der Waals surface area contributed by atoms with Crippen molar-refractivity contribution in [3.8, 4) is 5.75 Å². The molecule has 0 aromatic heterocycles. The second kappa shape index (κ2) is 3.70. The molecule has 0 amide bonds. The predicted molar refractivity (Wildman–Crippen MR) is 59.7 cm³/mol. The van der Waals surface area contributed by atoms with Gasteiger partial charge in [0.2, 0.25) is 0 Å². The number of para-hydroxylation sites is 1. The van der Waals surface area contributed by atoms with Gasteiger partial charge in [0.25, 0.3) is 0 Å². The zero-order valence-corrected chi connectivity index (χ0v) is 10.1. The third-order valence-electron chi connectivity index (χ3n) is 2.06. The quantitative estimate of drug-likeness (QED) is 0.720. The van der Waals surface area contributed by atoms with Gasteiger partial charge in [-0.1, -0.05) is 34.1 Å². The maximum absolute atomic E-state index is 5.37. The van der Waals surface area contributed by atoms with E-state index in [9.17, 15) is 0 Å². The van der Waals surface area contributed by atoms with Crippen LogP contribution in [0, 0.1) is 6.92 Å². The number of alkyl halides is 1. The number of rotatable bonds is 2. The van der Waals surface area contributed by atoms with Gasteiger partial charge in [-0.25, -0.2) is 0 Å². The molecule has 0 saturated carbocycles. The van der Waals surface area contributed by atoms with Crippen LogP contribution in [0.25, 0.3) is 0 Å². The standard InChI is InChI=1S/C11H15BrO/c1-8-6-5-7-9(10(8)13-4)11(2,3)12/h5-7H,1-4H3. The van der Waals surface area contributed by atoms with Gasteiger partial charge in [-0.05, 0) is 26.3 Å². The van der Waals surface area contributed by atoms with Crippen LogP contribution in [0.3, 0.4) is 0 Å². The molecular formula is C11H15BrO. The molecule has 0 unspecified atom stereocenters. The lowest BCUT2D eigenvalue weighted by Gasteiger charge is -2.21. The lowest BCUT2D eigenvalue weighted by Crippen LogP contribution is -2.09. The molecule has 0 spiro atoms. The van der Waals surface area contributed by atoms with E-state index in [1.54, 1.807) is 7.11 Å². The minimum absolute atomic E-state index is 0.0373. The van der Waals surface area contributed by atoms with Gasteiger partial charge in [-0.3, -0.25) is 0 Å². The fourth-order valence-electron chi connectivity index (χ4n) is 1.39. The fraction of sp³-hybridized carbons (Fsp3) is 0.455. The van der Waals surface area contributed by atoms with Gasteiger partial charge in [0, 0.05) is 9.89 Å². The van der Waals surface area contributed by atoms with Crippen molar-refractivity contribution in [2.24, 2.45) is 0 Å². The highest BCUT2D eigenvalue weighted by Gasteiger charge is 2.21. The molecule has 0 aliphatic heterocycles. The van der Waals surface area contributed by atoms with Gasteiger partial charge in [0.1, 0.15) is 5.75 Å². The van der Waals surface area contributed by atoms with Gasteiger partial charge in [0.15, 0.2) is 0 Å². The van der Waals surface area contributed by atoms with E-state index in [0.717, 1.165) is 5.75 Å². The van der Waals surface area contributed by atoms with E-state index in [1.165, 1.54) is 11.1 Å². The van der Waals surface area contributed by atoms with E-state index < -0.39 is 0 Å². The van der Waals surface area contributed by atoms with E-state index in [4.69, 9.17) is 4.74 Å². The first-order valence-electron chi connectivity index (χ1n) is 4.30. The highest BCUT2D eigenvalue weighted by Crippen LogP contribution is 2.37. The summed E-state index contributed by atoms with van der Waals surface area (Å²) in [5.41, 5.74) is 2.36. The summed E-state index contributed by atoms with van der Waals surface area (Å²) in [6.45, 7) is 6.29. The largest absolute Gasteiger partial charge is 0.496 e. The molecule has 72 valence electrons. The molecule has 0 aliphatic carbocycles. The average molecular weight is 243 g/mol. The summed E-state index contributed by atoms with van der Waals surface area (Å²) in [5, 5.41) is 0. The molecule has 13 heavy (non-hydrogen) atoms. The molecular weight excluding hydrogens is 228 g/mol. The van der Waals surface area contributed by atoms with Crippen molar-refractivity contribution in [1.82, 2.24) is 0 Å². The van der Waals surface area contributed by atoms with Crippen LogP contribution in [-0.4, -0.2) is 7.11 Å². The second-order valence-electron chi connectivity index (χ2n) is 3.63. The molecule has 0 N–H and O–H groups in total. The average Bonchev–Trinajstić information content (AvgIpc) is 2.02. The number of aryl methyl sites for hydroxylation is 1. The number of halogens is 1. The molecule has 0 bridgehead atoms. The first-order valence-corrected chi connectivity index (χ1v) is 5.09. The van der Waals surface area contributed by atoms with Gasteiger partial charge < -0.3 is 4.74 Å². The number of hydrogen-bond donors (Lipinski definition) is 0. The predicted octanol–water partition coefficient (Wildman–Crippen LogP) is 3.63. The first kappa shape index (κ1) is 10.6. The molecule has 1 aromatic carbocycles. The van der Waals surface area contributed by atoms with Crippen molar-refractivity contribution < 1.29 is 4.74 Å². The summed E-state index contributed by atoms with van der Waals surface area (Å²) in [4.78, 5) is 0. The lowest BCUT2D eigenvalue weighted by atomic mass is 9.99. The van der Waals surface area contributed by atoms with Gasteiger partial charge in [0.05, 0.1) is 7.11 Å². The highest BCUT2D eigenvalue weighted by molar-refractivity contribution is 9.09. The monoisotopic (exact) mass is 242 g/mol. The van der Waals surface area contributed by atoms with Crippen molar-refractivity contribution in [1.29, 1.82) is 0 Å². The number of methoxy groups -OCH3 is 1. The highest BCUT2D eigenvalue weighted by atomic mass is 79.9. The van der Waals surface area contributed by atoms with Gasteiger partial charge >= 0.3 is 0 Å². The van der Waals surface area contributed by atoms with Crippen molar-refractivity contribution in [2.45, 2.75) is 25.1 Å². The summed E-state index contributed by atoms with van der Waals surface area (Å²) in [7, 11) is 1.71. The Morgan fingerprint density at radius 3 is 2.31 bits per heavy atom. The number of benzene rings is 1. The fourth-order valence-corrected chi connectivity index (χ4v) is 1.70. The maximum Gasteiger partial charge on any atom is 0.126 e. The number of hydrogen-bond acceptors (Lipinski definition) is 1. The zero-order chi connectivity index (χ0) is 10.1. The van der Waals surface area contributed by atoms with Crippen molar-refractivity contribution in [3.63, 3.8) is 0 Å². The lowest BCUT2D eigenvalue weighted by molar-refractivity contribution is 0.403. The third-order valence-corrected chi connectivity index (χ3v) is 2.48. The van der Waals surface area contributed by atoms with Crippen molar-refractivity contribution in [2.75, 3.05) is 7.11 Å². The van der Waals surface area contributed by atoms with Crippen LogP contribution in [0.15, 0.2) is 18.2 Å². The topological polar surface area (TPSA) is 9.23 Å². The molecule has 0 heterocycles. The van der Waals surface area contributed by atoms with E-state index in [1.807, 2.05) is 0 Å². The number of ether oxygens (including phenoxy) is 1. The van der Waals surface area contributed by atoms with Crippen LogP contribution in [0.4, 0.5) is 0 Å². The SMILES string of the molecule is COc1c(C)cccc1C(C)(C)Br. The Balaban J connectivity index is 3.29.